The van der Waals surface area contributed by atoms with Crippen LogP contribution in [0.1, 0.15) is 49.7 Å². The van der Waals surface area contributed by atoms with Gasteiger partial charge in [0.15, 0.2) is 5.78 Å². The van der Waals surface area contributed by atoms with Crippen molar-refractivity contribution in [3.63, 3.8) is 0 Å². The second-order valence-electron chi connectivity index (χ2n) is 12.4. The summed E-state index contributed by atoms with van der Waals surface area (Å²) in [6, 6.07) is 13.5. The first-order chi connectivity index (χ1) is 20.5. The minimum absolute atomic E-state index is 0.0559. The third-order valence-electron chi connectivity index (χ3n) is 9.66. The number of ketones is 1. The number of halogens is 3. The smallest absolute Gasteiger partial charge is 0.304 e. The Hall–Kier alpha value is -2.31. The number of sulfonamides is 1. The summed E-state index contributed by atoms with van der Waals surface area (Å²) < 4.78 is 68.2. The average Bonchev–Trinajstić information content (AvgIpc) is 3.01. The molecule has 0 spiro atoms. The van der Waals surface area contributed by atoms with Crippen molar-refractivity contribution in [1.29, 1.82) is 0 Å². The van der Waals surface area contributed by atoms with E-state index in [2.05, 4.69) is 46.0 Å². The molecule has 3 heterocycles. The fraction of sp³-hybridized carbons (Fsp3) is 0.594. The van der Waals surface area contributed by atoms with Gasteiger partial charge in [-0.1, -0.05) is 42.8 Å². The van der Waals surface area contributed by atoms with Gasteiger partial charge in [-0.25, -0.2) is 8.42 Å². The molecule has 3 fully saturated rings. The Balaban J connectivity index is 1.26. The summed E-state index contributed by atoms with van der Waals surface area (Å²) in [5.74, 6) is -0.174. The lowest BCUT2D eigenvalue weighted by Crippen LogP contribution is -2.61. The predicted molar refractivity (Wildman–Crippen MR) is 160 cm³/mol. The summed E-state index contributed by atoms with van der Waals surface area (Å²) in [6.45, 7) is 5.89. The fourth-order valence-electron chi connectivity index (χ4n) is 6.96. The summed E-state index contributed by atoms with van der Waals surface area (Å²) in [6.07, 6.45) is 0.925. The minimum Gasteiger partial charge on any atom is -0.304 e. The van der Waals surface area contributed by atoms with Crippen molar-refractivity contribution in [3.05, 3.63) is 65.7 Å². The average molecular weight is 621 g/mol. The fourth-order valence-corrected chi connectivity index (χ4v) is 8.69. The van der Waals surface area contributed by atoms with Crippen LogP contribution in [0.15, 0.2) is 59.5 Å². The lowest BCUT2D eigenvalue weighted by molar-refractivity contribution is -0.137. The lowest BCUT2D eigenvalue weighted by Gasteiger charge is -2.51. The number of nitrogens with zero attached hydrogens (tertiary/aromatic N) is 4. The molecule has 0 saturated carbocycles. The molecule has 0 aliphatic carbocycles. The van der Waals surface area contributed by atoms with Crippen LogP contribution < -0.4 is 0 Å². The van der Waals surface area contributed by atoms with E-state index in [4.69, 9.17) is 0 Å². The van der Waals surface area contributed by atoms with Gasteiger partial charge < -0.3 is 4.90 Å². The number of carbonyl (C=O) groups excluding carboxylic acids is 1. The number of hydrogen-bond acceptors (Lipinski definition) is 6. The van der Waals surface area contributed by atoms with Crippen LogP contribution in [0.4, 0.5) is 13.2 Å². The minimum atomic E-state index is -4.66. The van der Waals surface area contributed by atoms with Gasteiger partial charge in [0, 0.05) is 51.4 Å². The van der Waals surface area contributed by atoms with E-state index in [1.807, 2.05) is 6.07 Å². The normalized spacial score (nSPS) is 23.3. The lowest BCUT2D eigenvalue weighted by atomic mass is 9.80. The molecule has 5 rings (SSSR count). The highest BCUT2D eigenvalue weighted by molar-refractivity contribution is 7.89. The molecule has 11 heteroatoms. The van der Waals surface area contributed by atoms with E-state index < -0.39 is 32.7 Å². The third kappa shape index (κ3) is 7.50. The molecule has 0 radical (unpaired) electrons. The molecule has 0 N–H and O–H groups in total. The van der Waals surface area contributed by atoms with Crippen LogP contribution in [0.3, 0.4) is 0 Å². The first-order valence-electron chi connectivity index (χ1n) is 15.4. The Kier molecular flexibility index (Phi) is 9.97. The number of likely N-dealkylation sites (N-methyl/N-ethyl adjacent to an activating group) is 1. The number of alkyl halides is 3. The Labute approximate surface area is 253 Å². The van der Waals surface area contributed by atoms with Crippen molar-refractivity contribution in [3.8, 4) is 0 Å². The Bertz CT molecular complexity index is 1340. The zero-order valence-electron chi connectivity index (χ0n) is 24.9. The van der Waals surface area contributed by atoms with E-state index in [0.717, 1.165) is 81.4 Å². The van der Waals surface area contributed by atoms with Crippen molar-refractivity contribution in [2.75, 3.05) is 59.4 Å². The summed E-state index contributed by atoms with van der Waals surface area (Å²) in [5.41, 5.74) is 0.367. The van der Waals surface area contributed by atoms with Gasteiger partial charge in [-0.15, -0.1) is 0 Å². The van der Waals surface area contributed by atoms with E-state index in [-0.39, 0.29) is 24.4 Å². The standard InChI is InChI=1S/C32H43F3N4O3S/c1-36-20-22-38(23-21-36)31(14-13-26-8-3-2-4-9-26)15-18-37(19-16-31)25-30(40)29-12-5-6-17-39(29)43(41,42)28-11-7-10-27(24-28)32(33,34)35/h2-4,7-11,24,29H,5-6,12-23,25H2,1H3. The van der Waals surface area contributed by atoms with E-state index in [1.54, 1.807) is 0 Å². The van der Waals surface area contributed by atoms with Crippen molar-refractivity contribution < 1.29 is 26.4 Å². The van der Waals surface area contributed by atoms with Gasteiger partial charge in [0.05, 0.1) is 23.0 Å². The van der Waals surface area contributed by atoms with Crippen molar-refractivity contribution in [1.82, 2.24) is 19.0 Å². The van der Waals surface area contributed by atoms with Gasteiger partial charge in [0.1, 0.15) is 0 Å². The maximum Gasteiger partial charge on any atom is 0.416 e. The summed E-state index contributed by atoms with van der Waals surface area (Å²) in [4.78, 5) is 20.4. The number of likely N-dealkylation sites (tertiary alicyclic amines) is 1. The Morgan fingerprint density at radius 2 is 1.60 bits per heavy atom. The number of piperidine rings is 2. The SMILES string of the molecule is CN1CCN(C2(CCc3ccccc3)CCN(CC(=O)C3CCCCN3S(=O)(=O)c3cccc(C(F)(F)F)c3)CC2)CC1. The predicted octanol–water partition coefficient (Wildman–Crippen LogP) is 4.53. The van der Waals surface area contributed by atoms with Gasteiger partial charge in [-0.2, -0.15) is 17.5 Å². The molecule has 1 unspecified atom stereocenters. The molecule has 43 heavy (non-hydrogen) atoms. The zero-order valence-corrected chi connectivity index (χ0v) is 25.8. The molecule has 0 amide bonds. The van der Waals surface area contributed by atoms with Crippen LogP contribution in [0.5, 0.6) is 0 Å². The molecule has 0 bridgehead atoms. The highest BCUT2D eigenvalue weighted by Gasteiger charge is 2.43. The monoisotopic (exact) mass is 620 g/mol. The molecule has 2 aromatic carbocycles. The largest absolute Gasteiger partial charge is 0.416 e. The number of Topliss-reactive ketones (excluding diaryl/α,β-unsaturated/α-hetero) is 1. The topological polar surface area (TPSA) is 64.2 Å². The molecule has 7 nitrogen and oxygen atoms in total. The highest BCUT2D eigenvalue weighted by atomic mass is 32.2. The molecule has 3 saturated heterocycles. The van der Waals surface area contributed by atoms with Crippen LogP contribution in [0, 0.1) is 0 Å². The van der Waals surface area contributed by atoms with Crippen molar-refractivity contribution >= 4 is 15.8 Å². The first-order valence-corrected chi connectivity index (χ1v) is 16.8. The molecule has 3 aliphatic heterocycles. The zero-order chi connectivity index (χ0) is 30.7. The number of hydrogen-bond donors (Lipinski definition) is 0. The molecule has 2 aromatic rings. The second kappa shape index (κ2) is 13.4. The van der Waals surface area contributed by atoms with E-state index >= 15 is 0 Å². The van der Waals surface area contributed by atoms with Crippen LogP contribution in [0.2, 0.25) is 0 Å². The maximum atomic E-state index is 13.6. The first kappa shape index (κ1) is 32.1. The maximum absolute atomic E-state index is 13.6. The highest BCUT2D eigenvalue weighted by Crippen LogP contribution is 2.36. The van der Waals surface area contributed by atoms with Gasteiger partial charge >= 0.3 is 6.18 Å². The number of piperazine rings is 1. The Morgan fingerprint density at radius 3 is 2.28 bits per heavy atom. The van der Waals surface area contributed by atoms with Crippen molar-refractivity contribution in [2.24, 2.45) is 0 Å². The van der Waals surface area contributed by atoms with Crippen LogP contribution in [-0.2, 0) is 27.4 Å². The van der Waals surface area contributed by atoms with Gasteiger partial charge in [0.2, 0.25) is 10.0 Å². The summed E-state index contributed by atoms with van der Waals surface area (Å²) in [5, 5.41) is 0. The molecule has 0 aromatic heterocycles. The molecule has 236 valence electrons. The molecular formula is C32H43F3N4O3S. The van der Waals surface area contributed by atoms with Crippen LogP contribution in [0.25, 0.3) is 0 Å². The van der Waals surface area contributed by atoms with Gasteiger partial charge in [-0.05, 0) is 69.3 Å². The molecular weight excluding hydrogens is 577 g/mol. The van der Waals surface area contributed by atoms with E-state index in [9.17, 15) is 26.4 Å². The molecule has 3 aliphatic rings. The number of benzene rings is 2. The van der Waals surface area contributed by atoms with Gasteiger partial charge in [0.25, 0.3) is 0 Å². The Morgan fingerprint density at radius 1 is 0.907 bits per heavy atom. The molecule has 1 atom stereocenters. The number of aryl methyl sites for hydroxylation is 1. The summed E-state index contributed by atoms with van der Waals surface area (Å²) >= 11 is 0. The number of rotatable bonds is 9. The quantitative estimate of drug-likeness (QED) is 0.411. The summed E-state index contributed by atoms with van der Waals surface area (Å²) in [7, 11) is -2.11. The van der Waals surface area contributed by atoms with Gasteiger partial charge in [-0.3, -0.25) is 14.6 Å². The van der Waals surface area contributed by atoms with Crippen LogP contribution in [-0.4, -0.2) is 104 Å². The van der Waals surface area contributed by atoms with E-state index in [0.29, 0.717) is 25.3 Å². The second-order valence-corrected chi connectivity index (χ2v) is 14.3. The van der Waals surface area contributed by atoms with Crippen molar-refractivity contribution in [2.45, 2.75) is 67.6 Å². The van der Waals surface area contributed by atoms with Crippen LogP contribution >= 0.6 is 0 Å². The number of carbonyl (C=O) groups is 1. The third-order valence-corrected chi connectivity index (χ3v) is 11.6. The van der Waals surface area contributed by atoms with E-state index in [1.165, 1.54) is 11.6 Å².